The summed E-state index contributed by atoms with van der Waals surface area (Å²) in [6, 6.07) is 9.72. The van der Waals surface area contributed by atoms with Gasteiger partial charge in [0.2, 0.25) is 0 Å². The summed E-state index contributed by atoms with van der Waals surface area (Å²) >= 11 is 12.7. The molecular formula is C16H12BrClN2OS2. The minimum absolute atomic E-state index is 0.283. The zero-order valence-corrected chi connectivity index (χ0v) is 16.1. The molecule has 3 rings (SSSR count). The van der Waals surface area contributed by atoms with Gasteiger partial charge in [0.15, 0.2) is 0 Å². The minimum atomic E-state index is -0.283. The van der Waals surface area contributed by atoms with E-state index in [1.807, 2.05) is 42.6 Å². The minimum Gasteiger partial charge on any atom is -0.266 e. The van der Waals surface area contributed by atoms with Crippen LogP contribution in [0.1, 0.15) is 27.9 Å². The number of halogens is 2. The highest BCUT2D eigenvalue weighted by Crippen LogP contribution is 2.36. The fourth-order valence-corrected chi connectivity index (χ4v) is 4.85. The van der Waals surface area contributed by atoms with Crippen LogP contribution in [-0.2, 0) is 0 Å². The number of nitrogens with one attached hydrogen (secondary N) is 1. The van der Waals surface area contributed by atoms with Crippen molar-refractivity contribution in [2.24, 2.45) is 5.10 Å². The lowest BCUT2D eigenvalue weighted by Gasteiger charge is -2.02. The number of carbonyl (C=O) groups excluding carboxylic acids is 1. The third-order valence-corrected chi connectivity index (χ3v) is 6.30. The van der Waals surface area contributed by atoms with Gasteiger partial charge in [0.1, 0.15) is 4.88 Å². The van der Waals surface area contributed by atoms with Gasteiger partial charge in [-0.3, -0.25) is 4.79 Å². The summed E-state index contributed by atoms with van der Waals surface area (Å²) < 4.78 is 1.92. The topological polar surface area (TPSA) is 41.5 Å². The van der Waals surface area contributed by atoms with Crippen molar-refractivity contribution in [1.29, 1.82) is 0 Å². The third kappa shape index (κ3) is 3.50. The molecule has 0 unspecified atom stereocenters. The number of fused-ring (bicyclic) bond motifs is 1. The van der Waals surface area contributed by atoms with Crippen molar-refractivity contribution in [3.63, 3.8) is 0 Å². The second-order valence-corrected chi connectivity index (χ2v) is 8.01. The predicted molar refractivity (Wildman–Crippen MR) is 103 cm³/mol. The van der Waals surface area contributed by atoms with Crippen LogP contribution in [-0.4, -0.2) is 11.6 Å². The maximum absolute atomic E-state index is 12.4. The van der Waals surface area contributed by atoms with Gasteiger partial charge in [-0.1, -0.05) is 46.6 Å². The van der Waals surface area contributed by atoms with E-state index in [2.05, 4.69) is 26.5 Å². The van der Waals surface area contributed by atoms with Crippen LogP contribution < -0.4 is 5.43 Å². The van der Waals surface area contributed by atoms with Crippen molar-refractivity contribution in [2.45, 2.75) is 13.3 Å². The van der Waals surface area contributed by atoms with E-state index in [1.54, 1.807) is 11.3 Å². The molecule has 0 saturated carbocycles. The quantitative estimate of drug-likeness (QED) is 0.407. The summed E-state index contributed by atoms with van der Waals surface area (Å²) in [5, 5.41) is 7.59. The Labute approximate surface area is 155 Å². The summed E-state index contributed by atoms with van der Waals surface area (Å²) in [6.07, 6.45) is 0.744. The zero-order valence-electron chi connectivity index (χ0n) is 12.1. The van der Waals surface area contributed by atoms with Crippen LogP contribution in [0.4, 0.5) is 0 Å². The lowest BCUT2D eigenvalue weighted by Crippen LogP contribution is -2.19. The summed E-state index contributed by atoms with van der Waals surface area (Å²) in [6.45, 7) is 2.01. The fourth-order valence-electron chi connectivity index (χ4n) is 2.11. The Morgan fingerprint density at radius 1 is 1.39 bits per heavy atom. The van der Waals surface area contributed by atoms with Gasteiger partial charge < -0.3 is 0 Å². The molecule has 3 aromatic rings. The molecule has 23 heavy (non-hydrogen) atoms. The molecule has 118 valence electrons. The van der Waals surface area contributed by atoms with Crippen LogP contribution in [0.25, 0.3) is 10.1 Å². The normalized spacial score (nSPS) is 11.9. The molecule has 2 heterocycles. The Bertz CT molecular complexity index is 887. The Balaban J connectivity index is 1.87. The summed E-state index contributed by atoms with van der Waals surface area (Å²) in [7, 11) is 0. The van der Waals surface area contributed by atoms with Crippen LogP contribution in [0, 0.1) is 0 Å². The molecular weight excluding hydrogens is 416 g/mol. The van der Waals surface area contributed by atoms with Crippen LogP contribution in [0.5, 0.6) is 0 Å². The van der Waals surface area contributed by atoms with E-state index in [0.29, 0.717) is 9.90 Å². The van der Waals surface area contributed by atoms with Gasteiger partial charge in [0.05, 0.1) is 15.6 Å². The maximum atomic E-state index is 12.4. The van der Waals surface area contributed by atoms with Gasteiger partial charge in [0.25, 0.3) is 5.91 Å². The van der Waals surface area contributed by atoms with Gasteiger partial charge in [-0.2, -0.15) is 5.10 Å². The summed E-state index contributed by atoms with van der Waals surface area (Å²) in [5.41, 5.74) is 3.48. The van der Waals surface area contributed by atoms with Crippen molar-refractivity contribution in [3.05, 3.63) is 55.0 Å². The Hall–Kier alpha value is -1.21. The lowest BCUT2D eigenvalue weighted by atomic mass is 10.2. The average Bonchev–Trinajstić information content (AvgIpc) is 3.16. The Morgan fingerprint density at radius 3 is 2.91 bits per heavy atom. The first kappa shape index (κ1) is 16.6. The maximum Gasteiger partial charge on any atom is 0.283 e. The standard InChI is InChI=1S/C16H12BrClN2OS2/c1-2-11(12-4-3-7-22-12)19-20-16(21)15-14(18)10-6-5-9(17)8-13(10)23-15/h3-8H,2H2,1H3,(H,20,21)/b19-11+. The summed E-state index contributed by atoms with van der Waals surface area (Å²) in [5.74, 6) is -0.283. The highest BCUT2D eigenvalue weighted by molar-refractivity contribution is 9.10. The van der Waals surface area contributed by atoms with Crippen LogP contribution in [0.3, 0.4) is 0 Å². The molecule has 0 fully saturated rings. The number of thiophene rings is 2. The molecule has 3 nitrogen and oxygen atoms in total. The van der Waals surface area contributed by atoms with Crippen molar-refractivity contribution in [2.75, 3.05) is 0 Å². The predicted octanol–water partition coefficient (Wildman–Crippen LogP) is 5.92. The molecule has 1 amide bonds. The fraction of sp³-hybridized carbons (Fsp3) is 0.125. The lowest BCUT2D eigenvalue weighted by molar-refractivity contribution is 0.0959. The molecule has 0 bridgehead atoms. The smallest absolute Gasteiger partial charge is 0.266 e. The van der Waals surface area contributed by atoms with Gasteiger partial charge in [-0.25, -0.2) is 5.43 Å². The number of rotatable bonds is 4. The first-order chi connectivity index (χ1) is 11.1. The van der Waals surface area contributed by atoms with E-state index in [4.69, 9.17) is 11.6 Å². The Kier molecular flexibility index (Phi) is 5.16. The summed E-state index contributed by atoms with van der Waals surface area (Å²) in [4.78, 5) is 13.9. The highest BCUT2D eigenvalue weighted by atomic mass is 79.9. The molecule has 7 heteroatoms. The van der Waals surface area contributed by atoms with E-state index in [1.165, 1.54) is 11.3 Å². The molecule has 0 atom stereocenters. The van der Waals surface area contributed by atoms with Gasteiger partial charge in [-0.15, -0.1) is 22.7 Å². The second kappa shape index (κ2) is 7.13. The molecule has 0 aliphatic carbocycles. The van der Waals surface area contributed by atoms with Gasteiger partial charge in [0, 0.05) is 14.6 Å². The van der Waals surface area contributed by atoms with Crippen LogP contribution >= 0.6 is 50.2 Å². The number of carbonyl (C=O) groups is 1. The number of hydrogen-bond acceptors (Lipinski definition) is 4. The molecule has 0 saturated heterocycles. The number of hydrogen-bond donors (Lipinski definition) is 1. The van der Waals surface area contributed by atoms with Crippen molar-refractivity contribution < 1.29 is 4.79 Å². The van der Waals surface area contributed by atoms with Crippen molar-refractivity contribution >= 4 is 71.9 Å². The molecule has 2 aromatic heterocycles. The third-order valence-electron chi connectivity index (χ3n) is 3.23. The number of benzene rings is 1. The number of nitrogens with zero attached hydrogens (tertiary/aromatic N) is 1. The molecule has 1 N–H and O–H groups in total. The van der Waals surface area contributed by atoms with E-state index < -0.39 is 0 Å². The number of hydrazone groups is 1. The number of amides is 1. The monoisotopic (exact) mass is 426 g/mol. The first-order valence-corrected chi connectivity index (χ1v) is 9.75. The SMILES string of the molecule is CC/C(=N\NC(=O)c1sc2cc(Br)ccc2c1Cl)c1cccs1. The van der Waals surface area contributed by atoms with Crippen molar-refractivity contribution in [1.82, 2.24) is 5.43 Å². The largest absolute Gasteiger partial charge is 0.283 e. The van der Waals surface area contributed by atoms with Gasteiger partial charge in [-0.05, 0) is 30.0 Å². The molecule has 1 aromatic carbocycles. The molecule has 0 aliphatic heterocycles. The van der Waals surface area contributed by atoms with Crippen LogP contribution in [0.2, 0.25) is 5.02 Å². The van der Waals surface area contributed by atoms with E-state index >= 15 is 0 Å². The second-order valence-electron chi connectivity index (χ2n) is 4.72. The van der Waals surface area contributed by atoms with Crippen LogP contribution in [0.15, 0.2) is 45.3 Å². The van der Waals surface area contributed by atoms with E-state index in [0.717, 1.165) is 31.6 Å². The Morgan fingerprint density at radius 2 is 2.22 bits per heavy atom. The van der Waals surface area contributed by atoms with E-state index in [-0.39, 0.29) is 5.91 Å². The first-order valence-electron chi connectivity index (χ1n) is 6.88. The molecule has 0 spiro atoms. The van der Waals surface area contributed by atoms with Crippen molar-refractivity contribution in [3.8, 4) is 0 Å². The molecule has 0 radical (unpaired) electrons. The highest BCUT2D eigenvalue weighted by Gasteiger charge is 2.17. The zero-order chi connectivity index (χ0) is 16.4. The van der Waals surface area contributed by atoms with Gasteiger partial charge >= 0.3 is 0 Å². The molecule has 0 aliphatic rings. The van der Waals surface area contributed by atoms with E-state index in [9.17, 15) is 4.79 Å². The average molecular weight is 428 g/mol.